The number of aromatic nitrogens is 4. The number of nitrogen functional groups attached to an aromatic ring is 1. The highest BCUT2D eigenvalue weighted by atomic mass is 16.2. The fourth-order valence-corrected chi connectivity index (χ4v) is 1.41. The number of hydrogen-bond acceptors (Lipinski definition) is 4. The third-order valence-electron chi connectivity index (χ3n) is 2.16. The van der Waals surface area contributed by atoms with Gasteiger partial charge in [-0.1, -0.05) is 0 Å². The van der Waals surface area contributed by atoms with E-state index in [-0.39, 0.29) is 5.91 Å². The molecule has 0 fully saturated rings. The van der Waals surface area contributed by atoms with E-state index < -0.39 is 0 Å². The highest BCUT2D eigenvalue weighted by Gasteiger charge is 2.15. The molecule has 0 unspecified atom stereocenters. The molecule has 2 rings (SSSR count). The summed E-state index contributed by atoms with van der Waals surface area (Å²) in [5.74, 6) is 0.787. The molecule has 6 heteroatoms. The molecule has 0 saturated carbocycles. The lowest BCUT2D eigenvalue weighted by Crippen LogP contribution is -2.16. The molecule has 6 nitrogen and oxygen atoms in total. The van der Waals surface area contributed by atoms with Gasteiger partial charge in [0.15, 0.2) is 0 Å². The van der Waals surface area contributed by atoms with E-state index in [1.165, 1.54) is 9.25 Å². The lowest BCUT2D eigenvalue weighted by molar-refractivity contribution is 0.0948. The van der Waals surface area contributed by atoms with E-state index in [4.69, 9.17) is 5.73 Å². The Bertz CT molecular complexity index is 510. The third-order valence-corrected chi connectivity index (χ3v) is 2.16. The van der Waals surface area contributed by atoms with Crippen LogP contribution in [0.2, 0.25) is 0 Å². The molecule has 0 aliphatic rings. The Labute approximate surface area is 86.3 Å². The number of hydrogen-bond donors (Lipinski definition) is 1. The molecule has 2 heterocycles. The first-order valence-corrected chi connectivity index (χ1v) is 4.44. The van der Waals surface area contributed by atoms with Crippen molar-refractivity contribution in [3.63, 3.8) is 0 Å². The molecule has 0 aliphatic heterocycles. The Morgan fingerprint density at radius 2 is 2.27 bits per heavy atom. The van der Waals surface area contributed by atoms with E-state index in [1.807, 2.05) is 0 Å². The highest BCUT2D eigenvalue weighted by Crippen LogP contribution is 2.08. The van der Waals surface area contributed by atoms with Gasteiger partial charge in [-0.25, -0.2) is 4.98 Å². The van der Waals surface area contributed by atoms with Crippen molar-refractivity contribution in [2.75, 3.05) is 5.73 Å². The van der Waals surface area contributed by atoms with Crippen LogP contribution < -0.4 is 5.73 Å². The van der Waals surface area contributed by atoms with Crippen LogP contribution in [0.4, 0.5) is 5.82 Å². The van der Waals surface area contributed by atoms with Crippen LogP contribution in [-0.4, -0.2) is 25.2 Å². The summed E-state index contributed by atoms with van der Waals surface area (Å²) in [5.41, 5.74) is 5.94. The Morgan fingerprint density at radius 1 is 1.53 bits per heavy atom. The summed E-state index contributed by atoms with van der Waals surface area (Å²) in [6.07, 6.45) is 3.19. The summed E-state index contributed by atoms with van der Waals surface area (Å²) in [6, 6.07) is 1.54. The van der Waals surface area contributed by atoms with Crippen molar-refractivity contribution < 1.29 is 4.79 Å². The van der Waals surface area contributed by atoms with Crippen molar-refractivity contribution in [3.05, 3.63) is 30.0 Å². The molecule has 0 amide bonds. The number of carbonyl (C=O) groups is 1. The molecular formula is C9H11N5O. The first-order valence-electron chi connectivity index (χ1n) is 4.44. The first-order chi connectivity index (χ1) is 7.09. The SMILES string of the molecule is Cc1nccn1C(=O)c1cc(N)nn1C. The molecule has 0 bridgehead atoms. The quantitative estimate of drug-likeness (QED) is 0.721. The Kier molecular flexibility index (Phi) is 2.03. The average molecular weight is 205 g/mol. The lowest BCUT2D eigenvalue weighted by atomic mass is 10.4. The zero-order chi connectivity index (χ0) is 11.0. The van der Waals surface area contributed by atoms with Crippen LogP contribution in [0.3, 0.4) is 0 Å². The molecule has 2 aromatic rings. The van der Waals surface area contributed by atoms with Crippen molar-refractivity contribution in [1.29, 1.82) is 0 Å². The highest BCUT2D eigenvalue weighted by molar-refractivity contribution is 5.95. The molecule has 0 spiro atoms. The van der Waals surface area contributed by atoms with Crippen molar-refractivity contribution in [1.82, 2.24) is 19.3 Å². The average Bonchev–Trinajstić information content (AvgIpc) is 2.71. The second-order valence-corrected chi connectivity index (χ2v) is 3.23. The number of nitrogens with two attached hydrogens (primary N) is 1. The molecule has 0 atom stereocenters. The fraction of sp³-hybridized carbons (Fsp3) is 0.222. The largest absolute Gasteiger partial charge is 0.382 e. The van der Waals surface area contributed by atoms with Gasteiger partial charge < -0.3 is 5.73 Å². The lowest BCUT2D eigenvalue weighted by Gasteiger charge is -2.02. The van der Waals surface area contributed by atoms with Crippen molar-refractivity contribution in [2.24, 2.45) is 7.05 Å². The summed E-state index contributed by atoms with van der Waals surface area (Å²) in [5, 5.41) is 3.91. The van der Waals surface area contributed by atoms with E-state index in [0.29, 0.717) is 17.3 Å². The van der Waals surface area contributed by atoms with Gasteiger partial charge in [0, 0.05) is 25.5 Å². The van der Waals surface area contributed by atoms with E-state index in [9.17, 15) is 4.79 Å². The van der Waals surface area contributed by atoms with E-state index in [0.717, 1.165) is 0 Å². The van der Waals surface area contributed by atoms with Crippen LogP contribution in [0.1, 0.15) is 16.3 Å². The predicted molar refractivity (Wildman–Crippen MR) is 54.3 cm³/mol. The standard InChI is InChI=1S/C9H11N5O/c1-6-11-3-4-14(6)9(15)7-5-8(10)12-13(7)2/h3-5H,1-2H3,(H2,10,12). The summed E-state index contributed by atoms with van der Waals surface area (Å²) < 4.78 is 2.91. The van der Waals surface area contributed by atoms with Gasteiger partial charge in [-0.2, -0.15) is 5.10 Å². The zero-order valence-corrected chi connectivity index (χ0v) is 8.51. The topological polar surface area (TPSA) is 78.7 Å². The molecule has 0 aromatic carbocycles. The van der Waals surface area contributed by atoms with Crippen molar-refractivity contribution in [3.8, 4) is 0 Å². The molecule has 2 aromatic heterocycles. The molecule has 0 aliphatic carbocycles. The van der Waals surface area contributed by atoms with Crippen LogP contribution in [-0.2, 0) is 7.05 Å². The Morgan fingerprint density at radius 3 is 2.73 bits per heavy atom. The number of anilines is 1. The van der Waals surface area contributed by atoms with Crippen LogP contribution in [0.25, 0.3) is 0 Å². The first kappa shape index (κ1) is 9.45. The Balaban J connectivity index is 2.45. The van der Waals surface area contributed by atoms with Crippen LogP contribution >= 0.6 is 0 Å². The minimum absolute atomic E-state index is 0.184. The van der Waals surface area contributed by atoms with Gasteiger partial charge in [0.25, 0.3) is 5.91 Å². The van der Waals surface area contributed by atoms with E-state index in [2.05, 4.69) is 10.1 Å². The molecule has 78 valence electrons. The third kappa shape index (κ3) is 1.50. The number of nitrogens with zero attached hydrogens (tertiary/aromatic N) is 4. The molecule has 2 N–H and O–H groups in total. The minimum Gasteiger partial charge on any atom is -0.382 e. The van der Waals surface area contributed by atoms with Gasteiger partial charge in [0.1, 0.15) is 17.3 Å². The fourth-order valence-electron chi connectivity index (χ4n) is 1.41. The van der Waals surface area contributed by atoms with E-state index in [1.54, 1.807) is 32.4 Å². The summed E-state index contributed by atoms with van der Waals surface area (Å²) in [6.45, 7) is 1.76. The molecule has 15 heavy (non-hydrogen) atoms. The van der Waals surface area contributed by atoms with Gasteiger partial charge in [0.2, 0.25) is 0 Å². The van der Waals surface area contributed by atoms with Gasteiger partial charge in [-0.05, 0) is 6.92 Å². The maximum atomic E-state index is 12.0. The maximum Gasteiger partial charge on any atom is 0.281 e. The number of imidazole rings is 1. The number of rotatable bonds is 1. The van der Waals surface area contributed by atoms with Crippen molar-refractivity contribution >= 4 is 11.7 Å². The summed E-state index contributed by atoms with van der Waals surface area (Å²) >= 11 is 0. The van der Waals surface area contributed by atoms with Gasteiger partial charge in [-0.15, -0.1) is 0 Å². The smallest absolute Gasteiger partial charge is 0.281 e. The maximum absolute atomic E-state index is 12.0. The zero-order valence-electron chi connectivity index (χ0n) is 8.51. The molecular weight excluding hydrogens is 194 g/mol. The minimum atomic E-state index is -0.184. The predicted octanol–water partition coefficient (Wildman–Crippen LogP) is 0.196. The van der Waals surface area contributed by atoms with Gasteiger partial charge in [0.05, 0.1) is 0 Å². The van der Waals surface area contributed by atoms with Crippen LogP contribution in [0, 0.1) is 6.92 Å². The second kappa shape index (κ2) is 3.23. The van der Waals surface area contributed by atoms with Gasteiger partial charge >= 0.3 is 0 Å². The summed E-state index contributed by atoms with van der Waals surface area (Å²) in [4.78, 5) is 15.9. The van der Waals surface area contributed by atoms with Crippen molar-refractivity contribution in [2.45, 2.75) is 6.92 Å². The van der Waals surface area contributed by atoms with Crippen LogP contribution in [0.15, 0.2) is 18.5 Å². The second-order valence-electron chi connectivity index (χ2n) is 3.23. The number of carbonyl (C=O) groups excluding carboxylic acids is 1. The Hall–Kier alpha value is -2.11. The monoisotopic (exact) mass is 205 g/mol. The number of aryl methyl sites for hydroxylation is 2. The molecule has 0 radical (unpaired) electrons. The molecule has 0 saturated heterocycles. The van der Waals surface area contributed by atoms with E-state index >= 15 is 0 Å². The van der Waals surface area contributed by atoms with Crippen LogP contribution in [0.5, 0.6) is 0 Å². The van der Waals surface area contributed by atoms with Gasteiger partial charge in [-0.3, -0.25) is 14.0 Å². The normalized spacial score (nSPS) is 10.5. The summed E-state index contributed by atoms with van der Waals surface area (Å²) in [7, 11) is 1.68.